The molecule has 2 aromatic rings. The third kappa shape index (κ3) is 3.12. The molecule has 108 valence electrons. The molecule has 6 heteroatoms. The Kier molecular flexibility index (Phi) is 4.65. The van der Waals surface area contributed by atoms with Crippen molar-refractivity contribution in [2.75, 3.05) is 13.6 Å². The van der Waals surface area contributed by atoms with Crippen molar-refractivity contribution in [1.29, 1.82) is 0 Å². The molecule has 0 saturated heterocycles. The lowest BCUT2D eigenvalue weighted by molar-refractivity contribution is 0.555. The highest BCUT2D eigenvalue weighted by Crippen LogP contribution is 2.29. The van der Waals surface area contributed by atoms with Gasteiger partial charge < -0.3 is 5.32 Å². The van der Waals surface area contributed by atoms with Crippen LogP contribution in [-0.2, 0) is 10.0 Å². The smallest absolute Gasteiger partial charge is 0.242 e. The normalized spacial score (nSPS) is 13.6. The number of nitrogens with one attached hydrogen (secondary N) is 2. The van der Waals surface area contributed by atoms with E-state index < -0.39 is 10.0 Å². The summed E-state index contributed by atoms with van der Waals surface area (Å²) in [5.41, 5.74) is 0. The highest BCUT2D eigenvalue weighted by atomic mass is 35.5. The SMILES string of the molecule is CNC(C)CNS(=O)(=O)c1c(Cl)ccc2ccccc12. The van der Waals surface area contributed by atoms with E-state index in [9.17, 15) is 8.42 Å². The Bertz CT molecular complexity index is 716. The molecule has 0 aliphatic carbocycles. The van der Waals surface area contributed by atoms with Crippen LogP contribution in [0.25, 0.3) is 10.8 Å². The van der Waals surface area contributed by atoms with Gasteiger partial charge >= 0.3 is 0 Å². The summed E-state index contributed by atoms with van der Waals surface area (Å²) >= 11 is 6.10. The minimum absolute atomic E-state index is 0.0403. The topological polar surface area (TPSA) is 58.2 Å². The molecule has 1 atom stereocenters. The molecule has 2 rings (SSSR count). The zero-order valence-corrected chi connectivity index (χ0v) is 12.9. The number of benzene rings is 2. The fourth-order valence-corrected chi connectivity index (χ4v) is 3.78. The maximum atomic E-state index is 12.5. The molecular weight excluding hydrogens is 296 g/mol. The number of halogens is 1. The Morgan fingerprint density at radius 2 is 1.90 bits per heavy atom. The molecule has 0 heterocycles. The Balaban J connectivity index is 2.48. The molecule has 0 saturated carbocycles. The Labute approximate surface area is 124 Å². The van der Waals surface area contributed by atoms with Crippen LogP contribution in [0, 0.1) is 0 Å². The largest absolute Gasteiger partial charge is 0.316 e. The standard InChI is InChI=1S/C14H17ClN2O2S/c1-10(16-2)9-17-20(18,19)14-12-6-4-3-5-11(12)7-8-13(14)15/h3-8,10,16-17H,9H2,1-2H3. The second kappa shape index (κ2) is 6.10. The molecule has 0 aliphatic rings. The molecule has 1 unspecified atom stereocenters. The predicted octanol–water partition coefficient (Wildman–Crippen LogP) is 2.38. The summed E-state index contributed by atoms with van der Waals surface area (Å²) in [6.45, 7) is 2.20. The molecule has 20 heavy (non-hydrogen) atoms. The van der Waals surface area contributed by atoms with Gasteiger partial charge in [0.1, 0.15) is 4.90 Å². The highest BCUT2D eigenvalue weighted by Gasteiger charge is 2.21. The molecule has 0 radical (unpaired) electrons. The Morgan fingerprint density at radius 1 is 1.20 bits per heavy atom. The number of hydrogen-bond acceptors (Lipinski definition) is 3. The van der Waals surface area contributed by atoms with Crippen LogP contribution in [0.2, 0.25) is 5.02 Å². The number of sulfonamides is 1. The van der Waals surface area contributed by atoms with E-state index in [0.717, 1.165) is 5.39 Å². The van der Waals surface area contributed by atoms with Crippen LogP contribution in [0.3, 0.4) is 0 Å². The van der Waals surface area contributed by atoms with Crippen molar-refractivity contribution < 1.29 is 8.42 Å². The molecule has 0 amide bonds. The van der Waals surface area contributed by atoms with E-state index in [4.69, 9.17) is 11.6 Å². The van der Waals surface area contributed by atoms with Gasteiger partial charge in [-0.05, 0) is 25.4 Å². The summed E-state index contributed by atoms with van der Waals surface area (Å²) in [6.07, 6.45) is 0. The average Bonchev–Trinajstić information content (AvgIpc) is 2.44. The Morgan fingerprint density at radius 3 is 2.60 bits per heavy atom. The summed E-state index contributed by atoms with van der Waals surface area (Å²) in [7, 11) is -1.86. The Hall–Kier alpha value is -1.14. The molecule has 2 aromatic carbocycles. The highest BCUT2D eigenvalue weighted by molar-refractivity contribution is 7.89. The molecule has 0 aliphatic heterocycles. The number of hydrogen-bond donors (Lipinski definition) is 2. The lowest BCUT2D eigenvalue weighted by Crippen LogP contribution is -2.37. The maximum absolute atomic E-state index is 12.5. The number of rotatable bonds is 5. The molecule has 0 fully saturated rings. The summed E-state index contributed by atoms with van der Waals surface area (Å²) < 4.78 is 27.5. The van der Waals surface area contributed by atoms with Gasteiger partial charge in [-0.2, -0.15) is 0 Å². The molecule has 0 aromatic heterocycles. The van der Waals surface area contributed by atoms with E-state index in [1.54, 1.807) is 25.2 Å². The van der Waals surface area contributed by atoms with E-state index in [0.29, 0.717) is 11.9 Å². The first-order chi connectivity index (χ1) is 9.45. The van der Waals surface area contributed by atoms with Crippen molar-refractivity contribution in [1.82, 2.24) is 10.0 Å². The van der Waals surface area contributed by atoms with E-state index in [-0.39, 0.29) is 16.0 Å². The van der Waals surface area contributed by atoms with Crippen molar-refractivity contribution in [3.63, 3.8) is 0 Å². The lowest BCUT2D eigenvalue weighted by Gasteiger charge is -2.14. The predicted molar refractivity (Wildman–Crippen MR) is 82.7 cm³/mol. The van der Waals surface area contributed by atoms with Gasteiger partial charge in [-0.15, -0.1) is 0 Å². The first kappa shape index (κ1) is 15.3. The summed E-state index contributed by atoms with van der Waals surface area (Å²) in [5, 5.41) is 4.69. The fourth-order valence-electron chi connectivity index (χ4n) is 1.90. The first-order valence-electron chi connectivity index (χ1n) is 6.30. The van der Waals surface area contributed by atoms with E-state index >= 15 is 0 Å². The van der Waals surface area contributed by atoms with Crippen LogP contribution in [0.15, 0.2) is 41.3 Å². The van der Waals surface area contributed by atoms with E-state index in [1.807, 2.05) is 25.1 Å². The van der Waals surface area contributed by atoms with Gasteiger partial charge in [0.15, 0.2) is 0 Å². The zero-order chi connectivity index (χ0) is 14.8. The monoisotopic (exact) mass is 312 g/mol. The van der Waals surface area contributed by atoms with E-state index in [2.05, 4.69) is 10.0 Å². The zero-order valence-electron chi connectivity index (χ0n) is 11.4. The van der Waals surface area contributed by atoms with Crippen molar-refractivity contribution in [2.45, 2.75) is 17.9 Å². The fraction of sp³-hybridized carbons (Fsp3) is 0.286. The maximum Gasteiger partial charge on any atom is 0.242 e. The van der Waals surface area contributed by atoms with Crippen molar-refractivity contribution >= 4 is 32.4 Å². The molecule has 0 bridgehead atoms. The second-order valence-corrected chi connectivity index (χ2v) is 6.75. The lowest BCUT2D eigenvalue weighted by atomic mass is 10.1. The molecule has 2 N–H and O–H groups in total. The number of likely N-dealkylation sites (N-methyl/N-ethyl adjacent to an activating group) is 1. The van der Waals surface area contributed by atoms with Crippen LogP contribution in [0.4, 0.5) is 0 Å². The second-order valence-electron chi connectivity index (χ2n) is 4.64. The average molecular weight is 313 g/mol. The van der Waals surface area contributed by atoms with Crippen LogP contribution < -0.4 is 10.0 Å². The van der Waals surface area contributed by atoms with Gasteiger partial charge in [0, 0.05) is 18.0 Å². The van der Waals surface area contributed by atoms with Gasteiger partial charge in [-0.25, -0.2) is 13.1 Å². The number of fused-ring (bicyclic) bond motifs is 1. The van der Waals surface area contributed by atoms with E-state index in [1.165, 1.54) is 0 Å². The minimum atomic E-state index is -3.64. The van der Waals surface area contributed by atoms with Gasteiger partial charge in [0.05, 0.1) is 5.02 Å². The van der Waals surface area contributed by atoms with Crippen LogP contribution in [0.5, 0.6) is 0 Å². The van der Waals surface area contributed by atoms with Crippen LogP contribution in [0.1, 0.15) is 6.92 Å². The quantitative estimate of drug-likeness (QED) is 0.891. The third-order valence-electron chi connectivity index (χ3n) is 3.17. The first-order valence-corrected chi connectivity index (χ1v) is 8.16. The van der Waals surface area contributed by atoms with Crippen molar-refractivity contribution in [2.24, 2.45) is 0 Å². The van der Waals surface area contributed by atoms with Crippen LogP contribution in [-0.4, -0.2) is 28.1 Å². The summed E-state index contributed by atoms with van der Waals surface area (Å²) in [6, 6.07) is 10.8. The van der Waals surface area contributed by atoms with Crippen molar-refractivity contribution in [3.05, 3.63) is 41.4 Å². The summed E-state index contributed by atoms with van der Waals surface area (Å²) in [5.74, 6) is 0. The summed E-state index contributed by atoms with van der Waals surface area (Å²) in [4.78, 5) is 0.139. The van der Waals surface area contributed by atoms with Gasteiger partial charge in [0.2, 0.25) is 10.0 Å². The van der Waals surface area contributed by atoms with Crippen LogP contribution >= 0.6 is 11.6 Å². The van der Waals surface area contributed by atoms with Crippen molar-refractivity contribution in [3.8, 4) is 0 Å². The van der Waals surface area contributed by atoms with Gasteiger partial charge in [0.25, 0.3) is 0 Å². The van der Waals surface area contributed by atoms with Gasteiger partial charge in [-0.3, -0.25) is 0 Å². The third-order valence-corrected chi connectivity index (χ3v) is 5.12. The molecule has 4 nitrogen and oxygen atoms in total. The minimum Gasteiger partial charge on any atom is -0.316 e. The molecular formula is C14H17ClN2O2S. The molecule has 0 spiro atoms. The van der Waals surface area contributed by atoms with Gasteiger partial charge in [-0.1, -0.05) is 41.9 Å².